The van der Waals surface area contributed by atoms with Crippen molar-refractivity contribution in [1.82, 2.24) is 4.98 Å². The van der Waals surface area contributed by atoms with Crippen molar-refractivity contribution in [3.05, 3.63) is 28.8 Å². The summed E-state index contributed by atoms with van der Waals surface area (Å²) in [6.07, 6.45) is 0. The van der Waals surface area contributed by atoms with Crippen LogP contribution in [0.3, 0.4) is 0 Å². The van der Waals surface area contributed by atoms with Crippen molar-refractivity contribution in [2.24, 2.45) is 0 Å². The molecule has 0 unspecified atom stereocenters. The SMILES string of the molecule is CCOC(=O)c1sc(NS(=O)(=O)c2ccc3c(c2)N(C(C)=O)CC(C)(C)O3)nc1C. The lowest BCUT2D eigenvalue weighted by Gasteiger charge is -2.39. The monoisotopic (exact) mass is 453 g/mol. The van der Waals surface area contributed by atoms with Crippen LogP contribution in [0, 0.1) is 6.92 Å². The summed E-state index contributed by atoms with van der Waals surface area (Å²) in [7, 11) is -4.01. The van der Waals surface area contributed by atoms with Crippen LogP contribution in [0.5, 0.6) is 5.75 Å². The van der Waals surface area contributed by atoms with E-state index in [4.69, 9.17) is 9.47 Å². The smallest absolute Gasteiger partial charge is 0.350 e. The van der Waals surface area contributed by atoms with Gasteiger partial charge in [-0.15, -0.1) is 0 Å². The topological polar surface area (TPSA) is 115 Å². The number of amides is 1. The molecule has 2 aromatic rings. The normalized spacial score (nSPS) is 15.2. The minimum absolute atomic E-state index is 0.0501. The molecule has 9 nitrogen and oxygen atoms in total. The molecule has 1 aliphatic heterocycles. The van der Waals surface area contributed by atoms with Gasteiger partial charge in [0.25, 0.3) is 10.0 Å². The van der Waals surface area contributed by atoms with E-state index in [-0.39, 0.29) is 27.4 Å². The van der Waals surface area contributed by atoms with Crippen molar-refractivity contribution in [2.45, 2.75) is 45.1 Å². The predicted octanol–water partition coefficient (Wildman–Crippen LogP) is 2.95. The molecule has 0 bridgehead atoms. The van der Waals surface area contributed by atoms with Crippen LogP contribution in [-0.2, 0) is 19.6 Å². The largest absolute Gasteiger partial charge is 0.484 e. The predicted molar refractivity (Wildman–Crippen MR) is 113 cm³/mol. The maximum absolute atomic E-state index is 12.9. The lowest BCUT2D eigenvalue weighted by atomic mass is 10.1. The first-order chi connectivity index (χ1) is 13.9. The summed E-state index contributed by atoms with van der Waals surface area (Å²) in [4.78, 5) is 29.8. The second-order valence-corrected chi connectivity index (χ2v) is 10.0. The summed E-state index contributed by atoms with van der Waals surface area (Å²) in [5.41, 5.74) is 0.159. The minimum Gasteiger partial charge on any atom is -0.484 e. The Balaban J connectivity index is 1.93. The van der Waals surface area contributed by atoms with E-state index in [0.29, 0.717) is 23.7 Å². The number of hydrogen-bond acceptors (Lipinski definition) is 8. The first kappa shape index (κ1) is 22.0. The van der Waals surface area contributed by atoms with Crippen LogP contribution >= 0.6 is 11.3 Å². The third kappa shape index (κ3) is 4.41. The number of benzene rings is 1. The number of nitrogens with zero attached hydrogens (tertiary/aromatic N) is 2. The first-order valence-electron chi connectivity index (χ1n) is 9.22. The maximum Gasteiger partial charge on any atom is 0.350 e. The number of rotatable bonds is 5. The molecule has 1 aromatic carbocycles. The molecule has 1 amide bonds. The van der Waals surface area contributed by atoms with Crippen LogP contribution in [0.25, 0.3) is 0 Å². The number of anilines is 2. The van der Waals surface area contributed by atoms with E-state index in [1.165, 1.54) is 30.0 Å². The van der Waals surface area contributed by atoms with Crippen LogP contribution in [-0.4, -0.2) is 44.0 Å². The second kappa shape index (κ2) is 7.88. The van der Waals surface area contributed by atoms with Crippen molar-refractivity contribution in [3.8, 4) is 5.75 Å². The molecule has 0 saturated heterocycles. The number of ether oxygens (including phenoxy) is 2. The molecule has 2 heterocycles. The third-order valence-electron chi connectivity index (χ3n) is 4.32. The summed E-state index contributed by atoms with van der Waals surface area (Å²) in [5, 5.41) is 0.0501. The van der Waals surface area contributed by atoms with Crippen LogP contribution in [0.4, 0.5) is 10.8 Å². The van der Waals surface area contributed by atoms with Gasteiger partial charge in [-0.25, -0.2) is 18.2 Å². The summed E-state index contributed by atoms with van der Waals surface area (Å²) in [6, 6.07) is 4.31. The van der Waals surface area contributed by atoms with Gasteiger partial charge in [-0.1, -0.05) is 11.3 Å². The number of aromatic nitrogens is 1. The maximum atomic E-state index is 12.9. The van der Waals surface area contributed by atoms with Gasteiger partial charge in [-0.05, 0) is 45.9 Å². The third-order valence-corrected chi connectivity index (χ3v) is 6.83. The summed E-state index contributed by atoms with van der Waals surface area (Å²) >= 11 is 0.898. The van der Waals surface area contributed by atoms with Crippen molar-refractivity contribution in [3.63, 3.8) is 0 Å². The van der Waals surface area contributed by atoms with Gasteiger partial charge in [-0.3, -0.25) is 9.52 Å². The molecule has 0 aliphatic carbocycles. The lowest BCUT2D eigenvalue weighted by Crippen LogP contribution is -2.48. The standard InChI is InChI=1S/C19H23N3O6S2/c1-6-27-17(24)16-11(2)20-18(29-16)21-30(25,26)13-7-8-15-14(9-13)22(12(3)23)10-19(4,5)28-15/h7-9H,6,10H2,1-5H3,(H,20,21). The average Bonchev–Trinajstić information content (AvgIpc) is 2.99. The summed E-state index contributed by atoms with van der Waals surface area (Å²) < 4.78 is 39.0. The molecular weight excluding hydrogens is 430 g/mol. The van der Waals surface area contributed by atoms with Gasteiger partial charge in [0.05, 0.1) is 29.4 Å². The molecule has 1 aromatic heterocycles. The van der Waals surface area contributed by atoms with Crippen molar-refractivity contribution in [1.29, 1.82) is 0 Å². The number of aryl methyl sites for hydroxylation is 1. The Labute approximate surface area is 179 Å². The summed E-state index contributed by atoms with van der Waals surface area (Å²) in [5.74, 6) is -0.344. The molecule has 3 rings (SSSR count). The lowest BCUT2D eigenvalue weighted by molar-refractivity contribution is -0.117. The second-order valence-electron chi connectivity index (χ2n) is 7.36. The molecular formula is C19H23N3O6S2. The van der Waals surface area contributed by atoms with Crippen LogP contribution in [0.15, 0.2) is 23.1 Å². The molecule has 11 heteroatoms. The number of nitrogens with one attached hydrogen (secondary N) is 1. The molecule has 0 atom stereocenters. The number of sulfonamides is 1. The van der Waals surface area contributed by atoms with E-state index in [9.17, 15) is 18.0 Å². The Bertz CT molecular complexity index is 1110. The number of esters is 1. The molecule has 0 saturated carbocycles. The molecule has 162 valence electrons. The van der Waals surface area contributed by atoms with Gasteiger partial charge in [-0.2, -0.15) is 0 Å². The number of hydrogen-bond donors (Lipinski definition) is 1. The number of fused-ring (bicyclic) bond motifs is 1. The first-order valence-corrected chi connectivity index (χ1v) is 11.5. The summed E-state index contributed by atoms with van der Waals surface area (Å²) in [6.45, 7) is 8.90. The molecule has 0 spiro atoms. The fourth-order valence-electron chi connectivity index (χ4n) is 3.04. The quantitative estimate of drug-likeness (QED) is 0.692. The van der Waals surface area contributed by atoms with Crippen LogP contribution in [0.1, 0.15) is 43.1 Å². The van der Waals surface area contributed by atoms with Gasteiger partial charge in [0.1, 0.15) is 16.2 Å². The number of thiazole rings is 1. The minimum atomic E-state index is -4.01. The Morgan fingerprint density at radius 2 is 2.07 bits per heavy atom. The number of carbonyl (C=O) groups is 2. The zero-order chi connectivity index (χ0) is 22.3. The van der Waals surface area contributed by atoms with Gasteiger partial charge in [0, 0.05) is 6.92 Å². The molecule has 0 fully saturated rings. The van der Waals surface area contributed by atoms with E-state index in [2.05, 4.69) is 9.71 Å². The highest BCUT2D eigenvalue weighted by atomic mass is 32.2. The highest BCUT2D eigenvalue weighted by Gasteiger charge is 2.34. The van der Waals surface area contributed by atoms with Gasteiger partial charge >= 0.3 is 5.97 Å². The van der Waals surface area contributed by atoms with Crippen molar-refractivity contribution < 1.29 is 27.5 Å². The van der Waals surface area contributed by atoms with Gasteiger partial charge < -0.3 is 14.4 Å². The van der Waals surface area contributed by atoms with E-state index in [1.54, 1.807) is 13.8 Å². The molecule has 1 N–H and O–H groups in total. The highest BCUT2D eigenvalue weighted by molar-refractivity contribution is 7.93. The van der Waals surface area contributed by atoms with Crippen LogP contribution in [0.2, 0.25) is 0 Å². The van der Waals surface area contributed by atoms with E-state index >= 15 is 0 Å². The van der Waals surface area contributed by atoms with E-state index < -0.39 is 21.6 Å². The molecule has 30 heavy (non-hydrogen) atoms. The van der Waals surface area contributed by atoms with Crippen molar-refractivity contribution in [2.75, 3.05) is 22.8 Å². The molecule has 1 aliphatic rings. The fraction of sp³-hybridized carbons (Fsp3) is 0.421. The average molecular weight is 454 g/mol. The van der Waals surface area contributed by atoms with E-state index in [1.807, 2.05) is 13.8 Å². The Kier molecular flexibility index (Phi) is 5.79. The van der Waals surface area contributed by atoms with E-state index in [0.717, 1.165) is 11.3 Å². The van der Waals surface area contributed by atoms with Crippen molar-refractivity contribution >= 4 is 44.1 Å². The molecule has 0 radical (unpaired) electrons. The Hall–Kier alpha value is -2.66. The highest BCUT2D eigenvalue weighted by Crippen LogP contribution is 2.39. The number of carbonyl (C=O) groups excluding carboxylic acids is 2. The zero-order valence-electron chi connectivity index (χ0n) is 17.3. The fourth-order valence-corrected chi connectivity index (χ4v) is 5.15. The zero-order valence-corrected chi connectivity index (χ0v) is 18.9. The van der Waals surface area contributed by atoms with Crippen LogP contribution < -0.4 is 14.4 Å². The van der Waals surface area contributed by atoms with Gasteiger partial charge in [0.2, 0.25) is 5.91 Å². The Morgan fingerprint density at radius 1 is 1.37 bits per heavy atom. The Morgan fingerprint density at radius 3 is 2.70 bits per heavy atom. The van der Waals surface area contributed by atoms with Gasteiger partial charge in [0.15, 0.2) is 5.13 Å².